The molecule has 2 aliphatic rings. The second kappa shape index (κ2) is 8.72. The summed E-state index contributed by atoms with van der Waals surface area (Å²) in [6, 6.07) is 8.22. The third-order valence-electron chi connectivity index (χ3n) is 5.82. The number of morpholine rings is 1. The highest BCUT2D eigenvalue weighted by Crippen LogP contribution is 2.23. The second-order valence-corrected chi connectivity index (χ2v) is 8.58. The average Bonchev–Trinajstić information content (AvgIpc) is 3.11. The summed E-state index contributed by atoms with van der Waals surface area (Å²) in [5.41, 5.74) is 2.22. The molecule has 6 heteroatoms. The van der Waals surface area contributed by atoms with Crippen molar-refractivity contribution in [2.75, 3.05) is 32.7 Å². The Morgan fingerprint density at radius 3 is 2.54 bits per heavy atom. The van der Waals surface area contributed by atoms with E-state index in [-0.39, 0.29) is 0 Å². The topological polar surface area (TPSA) is 54.6 Å². The molecule has 1 aromatic carbocycles. The molecule has 4 rings (SSSR count). The third kappa shape index (κ3) is 4.99. The van der Waals surface area contributed by atoms with Gasteiger partial charge < -0.3 is 9.26 Å². The highest BCUT2D eigenvalue weighted by molar-refractivity contribution is 5.55. The van der Waals surface area contributed by atoms with E-state index in [0.717, 1.165) is 44.2 Å². The van der Waals surface area contributed by atoms with Gasteiger partial charge in [0.25, 0.3) is 0 Å². The Balaban J connectivity index is 1.26. The van der Waals surface area contributed by atoms with Crippen molar-refractivity contribution >= 4 is 0 Å². The van der Waals surface area contributed by atoms with Gasteiger partial charge in [-0.25, -0.2) is 0 Å². The Labute approximate surface area is 167 Å². The van der Waals surface area contributed by atoms with Gasteiger partial charge in [-0.1, -0.05) is 28.9 Å². The largest absolute Gasteiger partial charge is 0.373 e. The monoisotopic (exact) mass is 384 g/mol. The minimum atomic E-state index is 0.351. The fourth-order valence-corrected chi connectivity index (χ4v) is 4.54. The Morgan fingerprint density at radius 2 is 1.82 bits per heavy atom. The summed E-state index contributed by atoms with van der Waals surface area (Å²) in [7, 11) is 0. The van der Waals surface area contributed by atoms with Gasteiger partial charge in [0.15, 0.2) is 0 Å². The highest BCUT2D eigenvalue weighted by Gasteiger charge is 2.27. The van der Waals surface area contributed by atoms with Crippen molar-refractivity contribution in [1.29, 1.82) is 0 Å². The Kier molecular flexibility index (Phi) is 6.09. The average molecular weight is 385 g/mol. The number of likely N-dealkylation sites (tertiary alicyclic amines) is 1. The van der Waals surface area contributed by atoms with Crippen LogP contribution >= 0.6 is 0 Å². The quantitative estimate of drug-likeness (QED) is 0.788. The van der Waals surface area contributed by atoms with E-state index in [4.69, 9.17) is 9.26 Å². The van der Waals surface area contributed by atoms with Gasteiger partial charge in [0, 0.05) is 25.2 Å². The molecule has 3 heterocycles. The van der Waals surface area contributed by atoms with Crippen molar-refractivity contribution < 1.29 is 9.26 Å². The first-order valence-electron chi connectivity index (χ1n) is 10.5. The molecule has 0 saturated carbocycles. The van der Waals surface area contributed by atoms with Gasteiger partial charge in [-0.15, -0.1) is 0 Å². The van der Waals surface area contributed by atoms with Crippen molar-refractivity contribution in [3.8, 4) is 11.4 Å². The maximum Gasteiger partial charge on any atom is 0.241 e. The van der Waals surface area contributed by atoms with Crippen molar-refractivity contribution in [3.63, 3.8) is 0 Å². The van der Waals surface area contributed by atoms with Crippen LogP contribution in [0.3, 0.4) is 0 Å². The predicted molar refractivity (Wildman–Crippen MR) is 109 cm³/mol. The van der Waals surface area contributed by atoms with E-state index >= 15 is 0 Å². The fourth-order valence-electron chi connectivity index (χ4n) is 4.54. The number of benzene rings is 1. The van der Waals surface area contributed by atoms with Gasteiger partial charge in [0.1, 0.15) is 0 Å². The molecule has 2 aliphatic heterocycles. The van der Waals surface area contributed by atoms with E-state index in [1.54, 1.807) is 0 Å². The summed E-state index contributed by atoms with van der Waals surface area (Å²) < 4.78 is 11.4. The molecule has 1 aromatic heterocycles. The molecule has 0 amide bonds. The van der Waals surface area contributed by atoms with Crippen molar-refractivity contribution in [2.45, 2.75) is 52.4 Å². The summed E-state index contributed by atoms with van der Waals surface area (Å²) in [6.45, 7) is 12.7. The fraction of sp³-hybridized carbons (Fsp3) is 0.636. The smallest absolute Gasteiger partial charge is 0.241 e. The number of nitrogens with zero attached hydrogens (tertiary/aromatic N) is 4. The zero-order valence-corrected chi connectivity index (χ0v) is 17.3. The van der Waals surface area contributed by atoms with Crippen LogP contribution < -0.4 is 0 Å². The van der Waals surface area contributed by atoms with Crippen LogP contribution in [0.5, 0.6) is 0 Å². The van der Waals surface area contributed by atoms with Gasteiger partial charge in [0.05, 0.1) is 18.8 Å². The molecule has 0 spiro atoms. The molecule has 2 fully saturated rings. The molecule has 0 bridgehead atoms. The first-order chi connectivity index (χ1) is 13.5. The molecular formula is C22H32N4O2. The minimum Gasteiger partial charge on any atom is -0.373 e. The molecule has 2 unspecified atom stereocenters. The zero-order valence-electron chi connectivity index (χ0n) is 17.3. The van der Waals surface area contributed by atoms with Crippen LogP contribution in [0.25, 0.3) is 11.4 Å². The van der Waals surface area contributed by atoms with Crippen LogP contribution in [0.1, 0.15) is 38.1 Å². The Morgan fingerprint density at radius 1 is 1.07 bits per heavy atom. The van der Waals surface area contributed by atoms with E-state index in [2.05, 4.69) is 52.8 Å². The molecule has 2 saturated heterocycles. The van der Waals surface area contributed by atoms with Gasteiger partial charge in [0.2, 0.25) is 11.7 Å². The number of ether oxygens (including phenoxy) is 1. The summed E-state index contributed by atoms with van der Waals surface area (Å²) >= 11 is 0. The summed E-state index contributed by atoms with van der Waals surface area (Å²) in [5, 5.41) is 4.17. The maximum absolute atomic E-state index is 5.86. The van der Waals surface area contributed by atoms with Gasteiger partial charge >= 0.3 is 0 Å². The lowest BCUT2D eigenvalue weighted by Crippen LogP contribution is -2.48. The van der Waals surface area contributed by atoms with Gasteiger partial charge in [-0.2, -0.15) is 4.98 Å². The van der Waals surface area contributed by atoms with Crippen molar-refractivity contribution in [3.05, 3.63) is 35.7 Å². The third-order valence-corrected chi connectivity index (χ3v) is 5.82. The van der Waals surface area contributed by atoms with Gasteiger partial charge in [-0.05, 0) is 58.7 Å². The molecule has 2 atom stereocenters. The zero-order chi connectivity index (χ0) is 19.5. The van der Waals surface area contributed by atoms with Crippen LogP contribution in [0.4, 0.5) is 0 Å². The summed E-state index contributed by atoms with van der Waals surface area (Å²) in [5.74, 6) is 2.18. The lowest BCUT2D eigenvalue weighted by Gasteiger charge is -2.39. The van der Waals surface area contributed by atoms with E-state index in [1.165, 1.54) is 24.9 Å². The molecule has 2 aromatic rings. The van der Waals surface area contributed by atoms with E-state index < -0.39 is 0 Å². The molecule has 28 heavy (non-hydrogen) atoms. The second-order valence-electron chi connectivity index (χ2n) is 8.58. The standard InChI is InChI=1S/C22H32N4O2/c1-16-5-4-6-20(11-16)22-23-21(28-24-22)15-25-9-7-19(8-10-25)14-26-12-17(2)27-18(3)13-26/h4-6,11,17-19H,7-10,12-15H2,1-3H3. The number of hydrogen-bond donors (Lipinski definition) is 0. The Bertz CT molecular complexity index is 759. The number of hydrogen-bond acceptors (Lipinski definition) is 6. The predicted octanol–water partition coefficient (Wildman–Crippen LogP) is 3.37. The van der Waals surface area contributed by atoms with E-state index in [1.807, 2.05) is 12.1 Å². The van der Waals surface area contributed by atoms with Crippen LogP contribution in [0.15, 0.2) is 28.8 Å². The Hall–Kier alpha value is -1.76. The molecule has 152 valence electrons. The molecule has 6 nitrogen and oxygen atoms in total. The van der Waals surface area contributed by atoms with Crippen molar-refractivity contribution in [1.82, 2.24) is 19.9 Å². The maximum atomic E-state index is 5.86. The first-order valence-corrected chi connectivity index (χ1v) is 10.5. The van der Waals surface area contributed by atoms with Crippen LogP contribution in [0.2, 0.25) is 0 Å². The molecule has 0 radical (unpaired) electrons. The minimum absolute atomic E-state index is 0.351. The summed E-state index contributed by atoms with van der Waals surface area (Å²) in [4.78, 5) is 9.63. The molecular weight excluding hydrogens is 352 g/mol. The number of rotatable bonds is 5. The number of piperidine rings is 1. The van der Waals surface area contributed by atoms with Crippen LogP contribution in [-0.4, -0.2) is 64.9 Å². The molecule has 0 N–H and O–H groups in total. The first kappa shape index (κ1) is 19.6. The highest BCUT2D eigenvalue weighted by atomic mass is 16.5. The van der Waals surface area contributed by atoms with E-state index in [9.17, 15) is 0 Å². The SMILES string of the molecule is Cc1cccc(-c2noc(CN3CCC(CN4CC(C)OC(C)C4)CC3)n2)c1. The lowest BCUT2D eigenvalue weighted by atomic mass is 9.95. The van der Waals surface area contributed by atoms with Gasteiger partial charge in [-0.3, -0.25) is 9.80 Å². The van der Waals surface area contributed by atoms with Crippen LogP contribution in [0, 0.1) is 12.8 Å². The lowest BCUT2D eigenvalue weighted by molar-refractivity contribution is -0.0732. The van der Waals surface area contributed by atoms with Crippen LogP contribution in [-0.2, 0) is 11.3 Å². The molecule has 0 aliphatic carbocycles. The van der Waals surface area contributed by atoms with Crippen molar-refractivity contribution in [2.24, 2.45) is 5.92 Å². The van der Waals surface area contributed by atoms with E-state index in [0.29, 0.717) is 23.9 Å². The summed E-state index contributed by atoms with van der Waals surface area (Å²) in [6.07, 6.45) is 3.17. The number of aromatic nitrogens is 2. The number of aryl methyl sites for hydroxylation is 1. The normalized spacial score (nSPS) is 25.2.